The van der Waals surface area contributed by atoms with Crippen molar-refractivity contribution in [3.8, 4) is 5.88 Å². The van der Waals surface area contributed by atoms with Crippen molar-refractivity contribution < 1.29 is 14.6 Å². The minimum atomic E-state index is -0.624. The van der Waals surface area contributed by atoms with E-state index in [1.165, 1.54) is 6.07 Å². The van der Waals surface area contributed by atoms with Gasteiger partial charge in [0, 0.05) is 0 Å². The predicted molar refractivity (Wildman–Crippen MR) is 38.5 cm³/mol. The van der Waals surface area contributed by atoms with Gasteiger partial charge in [-0.3, -0.25) is 0 Å². The first kappa shape index (κ1) is 8.45. The highest BCUT2D eigenvalue weighted by Gasteiger charge is 2.12. The molecule has 0 bridgehead atoms. The number of nitrogens with zero attached hydrogens (tertiary/aromatic N) is 2. The normalized spacial score (nSPS) is 9.42. The summed E-state index contributed by atoms with van der Waals surface area (Å²) in [5.41, 5.74) is -0.0214. The highest BCUT2D eigenvalue weighted by atomic mass is 16.5. The molecule has 0 fully saturated rings. The zero-order valence-corrected chi connectivity index (χ0v) is 6.44. The van der Waals surface area contributed by atoms with E-state index in [2.05, 4.69) is 21.1 Å². The molecule has 0 amide bonds. The molecule has 0 saturated heterocycles. The second-order valence-corrected chi connectivity index (χ2v) is 1.93. The predicted octanol–water partition coefficient (Wildman–Crippen LogP) is 0.159. The van der Waals surface area contributed by atoms with Gasteiger partial charge in [-0.05, 0) is 13.0 Å². The Hall–Kier alpha value is -1.65. The van der Waals surface area contributed by atoms with E-state index in [-0.39, 0.29) is 12.2 Å². The number of carbonyl (C=O) groups is 1. The summed E-state index contributed by atoms with van der Waals surface area (Å²) in [6.45, 7) is 1.92. The van der Waals surface area contributed by atoms with Crippen molar-refractivity contribution in [2.75, 3.05) is 6.61 Å². The standard InChI is InChI=1S/C7H7N2O3/c1-2-12-7(11)5-3-4-8-9-6(5)10/h3H,2H2,1H3,(H,9,10). The molecule has 0 atom stereocenters. The molecule has 0 aliphatic heterocycles. The molecule has 1 rings (SSSR count). The minimum Gasteiger partial charge on any atom is -0.492 e. The molecule has 1 aromatic rings. The molecule has 1 radical (unpaired) electrons. The van der Waals surface area contributed by atoms with Crippen LogP contribution >= 0.6 is 0 Å². The Morgan fingerprint density at radius 2 is 2.58 bits per heavy atom. The Kier molecular flexibility index (Phi) is 2.57. The summed E-state index contributed by atoms with van der Waals surface area (Å²) >= 11 is 0. The highest BCUT2D eigenvalue weighted by molar-refractivity contribution is 5.91. The molecule has 12 heavy (non-hydrogen) atoms. The number of aromatic hydroxyl groups is 1. The fraction of sp³-hybridized carbons (Fsp3) is 0.286. The van der Waals surface area contributed by atoms with Crippen LogP contribution in [-0.2, 0) is 4.74 Å². The second-order valence-electron chi connectivity index (χ2n) is 1.93. The average Bonchev–Trinajstić information content (AvgIpc) is 2.05. The van der Waals surface area contributed by atoms with Gasteiger partial charge in [0.2, 0.25) is 5.88 Å². The van der Waals surface area contributed by atoms with Crippen LogP contribution in [0.25, 0.3) is 0 Å². The third-order valence-electron chi connectivity index (χ3n) is 1.15. The largest absolute Gasteiger partial charge is 0.492 e. The molecule has 0 aliphatic carbocycles. The zero-order chi connectivity index (χ0) is 8.97. The Bertz CT molecular complexity index is 288. The van der Waals surface area contributed by atoms with Gasteiger partial charge in [-0.15, -0.1) is 10.2 Å². The van der Waals surface area contributed by atoms with Crippen molar-refractivity contribution in [1.29, 1.82) is 0 Å². The SMILES string of the molecule is CCOC(=O)c1c[c]nnc1O. The summed E-state index contributed by atoms with van der Waals surface area (Å²) in [7, 11) is 0. The van der Waals surface area contributed by atoms with Crippen LogP contribution in [-0.4, -0.2) is 27.9 Å². The van der Waals surface area contributed by atoms with Gasteiger partial charge in [-0.2, -0.15) is 0 Å². The highest BCUT2D eigenvalue weighted by Crippen LogP contribution is 2.10. The van der Waals surface area contributed by atoms with Gasteiger partial charge in [0.1, 0.15) is 11.8 Å². The molecule has 1 N–H and O–H groups in total. The lowest BCUT2D eigenvalue weighted by atomic mass is 10.3. The number of rotatable bonds is 2. The molecule has 0 unspecified atom stereocenters. The second kappa shape index (κ2) is 3.66. The van der Waals surface area contributed by atoms with Crippen molar-refractivity contribution in [3.05, 3.63) is 17.8 Å². The van der Waals surface area contributed by atoms with Gasteiger partial charge < -0.3 is 9.84 Å². The Morgan fingerprint density at radius 1 is 1.83 bits per heavy atom. The molecular formula is C7H7N2O3. The number of ether oxygens (including phenoxy) is 1. The molecule has 0 aliphatic rings. The van der Waals surface area contributed by atoms with Crippen LogP contribution in [0.15, 0.2) is 6.07 Å². The quantitative estimate of drug-likeness (QED) is 0.635. The Balaban J connectivity index is 2.87. The van der Waals surface area contributed by atoms with Crippen LogP contribution in [0.5, 0.6) is 5.88 Å². The lowest BCUT2D eigenvalue weighted by Crippen LogP contribution is -2.05. The van der Waals surface area contributed by atoms with E-state index in [9.17, 15) is 4.79 Å². The molecule has 63 valence electrons. The van der Waals surface area contributed by atoms with Gasteiger partial charge in [0.25, 0.3) is 0 Å². The van der Waals surface area contributed by atoms with Crippen molar-refractivity contribution in [1.82, 2.24) is 10.2 Å². The monoisotopic (exact) mass is 167 g/mol. The van der Waals surface area contributed by atoms with Gasteiger partial charge >= 0.3 is 5.97 Å². The van der Waals surface area contributed by atoms with Crippen LogP contribution < -0.4 is 0 Å². The van der Waals surface area contributed by atoms with E-state index in [0.29, 0.717) is 0 Å². The topological polar surface area (TPSA) is 72.3 Å². The summed E-state index contributed by atoms with van der Waals surface area (Å²) in [4.78, 5) is 11.0. The molecule has 0 spiro atoms. The summed E-state index contributed by atoms with van der Waals surface area (Å²) in [6, 6.07) is 1.22. The summed E-state index contributed by atoms with van der Waals surface area (Å²) in [5, 5.41) is 15.5. The van der Waals surface area contributed by atoms with Crippen molar-refractivity contribution in [3.63, 3.8) is 0 Å². The smallest absolute Gasteiger partial charge is 0.343 e. The van der Waals surface area contributed by atoms with Crippen LogP contribution in [0.3, 0.4) is 0 Å². The maximum Gasteiger partial charge on any atom is 0.343 e. The Labute approximate surface area is 69.0 Å². The maximum absolute atomic E-state index is 11.0. The van der Waals surface area contributed by atoms with Gasteiger partial charge in [-0.1, -0.05) is 0 Å². The fourth-order valence-electron chi connectivity index (χ4n) is 0.647. The first-order chi connectivity index (χ1) is 5.75. The van der Waals surface area contributed by atoms with E-state index in [1.807, 2.05) is 0 Å². The molecule has 5 heteroatoms. The number of hydrogen-bond acceptors (Lipinski definition) is 5. The number of esters is 1. The van der Waals surface area contributed by atoms with Gasteiger partial charge in [0.05, 0.1) is 6.61 Å². The third kappa shape index (κ3) is 1.69. The number of hydrogen-bond donors (Lipinski definition) is 1. The summed E-state index contributed by atoms with van der Waals surface area (Å²) in [6.07, 6.45) is 2.32. The maximum atomic E-state index is 11.0. The molecule has 0 saturated carbocycles. The van der Waals surface area contributed by atoms with E-state index < -0.39 is 11.8 Å². The van der Waals surface area contributed by atoms with E-state index in [0.717, 1.165) is 0 Å². The van der Waals surface area contributed by atoms with E-state index >= 15 is 0 Å². The number of aromatic nitrogens is 2. The van der Waals surface area contributed by atoms with E-state index in [4.69, 9.17) is 5.11 Å². The summed E-state index contributed by atoms with van der Waals surface area (Å²) < 4.78 is 4.62. The molecule has 5 nitrogen and oxygen atoms in total. The first-order valence-electron chi connectivity index (χ1n) is 3.35. The molecule has 1 heterocycles. The third-order valence-corrected chi connectivity index (χ3v) is 1.15. The minimum absolute atomic E-state index is 0.0214. The van der Waals surface area contributed by atoms with E-state index in [1.54, 1.807) is 6.92 Å². The van der Waals surface area contributed by atoms with Gasteiger partial charge in [0.15, 0.2) is 0 Å². The van der Waals surface area contributed by atoms with Crippen LogP contribution in [0.1, 0.15) is 17.3 Å². The van der Waals surface area contributed by atoms with Crippen molar-refractivity contribution >= 4 is 5.97 Å². The van der Waals surface area contributed by atoms with Crippen LogP contribution in [0, 0.1) is 6.20 Å². The van der Waals surface area contributed by atoms with Crippen LogP contribution in [0.2, 0.25) is 0 Å². The average molecular weight is 167 g/mol. The Morgan fingerprint density at radius 3 is 3.17 bits per heavy atom. The first-order valence-corrected chi connectivity index (χ1v) is 3.35. The number of carbonyl (C=O) groups excluding carboxylic acids is 1. The summed E-state index contributed by atoms with van der Waals surface area (Å²) in [5.74, 6) is -1.06. The lowest BCUT2D eigenvalue weighted by molar-refractivity contribution is 0.0521. The fourth-order valence-corrected chi connectivity index (χ4v) is 0.647. The lowest BCUT2D eigenvalue weighted by Gasteiger charge is -2.00. The molecule has 1 aromatic heterocycles. The molecule has 0 aromatic carbocycles. The molecular weight excluding hydrogens is 160 g/mol. The van der Waals surface area contributed by atoms with Crippen LogP contribution in [0.4, 0.5) is 0 Å². The van der Waals surface area contributed by atoms with Crippen molar-refractivity contribution in [2.45, 2.75) is 6.92 Å². The van der Waals surface area contributed by atoms with Crippen molar-refractivity contribution in [2.24, 2.45) is 0 Å². The zero-order valence-electron chi connectivity index (χ0n) is 6.44. The van der Waals surface area contributed by atoms with Gasteiger partial charge in [-0.25, -0.2) is 4.79 Å².